The van der Waals surface area contributed by atoms with Crippen molar-refractivity contribution in [2.45, 2.75) is 258 Å². The van der Waals surface area contributed by atoms with Gasteiger partial charge in [-0.1, -0.05) is 168 Å². The number of hydrogen-bond acceptors (Lipinski definition) is 5. The highest BCUT2D eigenvalue weighted by atomic mass is 16.5. The van der Waals surface area contributed by atoms with Gasteiger partial charge in [-0.05, 0) is 90.6 Å². The molecule has 55 heavy (non-hydrogen) atoms. The number of rotatable bonds is 39. The first-order chi connectivity index (χ1) is 26.8. The summed E-state index contributed by atoms with van der Waals surface area (Å²) in [5.74, 6) is 0.239. The molecule has 1 amide bonds. The van der Waals surface area contributed by atoms with Crippen LogP contribution in [0.3, 0.4) is 0 Å². The fraction of sp³-hybridized carbons (Fsp3) is 0.918. The first-order valence-corrected chi connectivity index (χ1v) is 24.3. The maximum atomic E-state index is 13.4. The number of nitrogens with one attached hydrogen (secondary N) is 1. The molecule has 0 spiro atoms. The van der Waals surface area contributed by atoms with Crippen LogP contribution in [0.5, 0.6) is 0 Å². The van der Waals surface area contributed by atoms with Crippen molar-refractivity contribution in [2.75, 3.05) is 26.2 Å². The summed E-state index contributed by atoms with van der Waals surface area (Å²) in [4.78, 5) is 28.7. The van der Waals surface area contributed by atoms with Crippen LogP contribution < -0.4 is 5.32 Å². The Balaban J connectivity index is 2.57. The molecule has 0 radical (unpaired) electrons. The minimum absolute atomic E-state index is 0.0631. The molecular formula is C49H94N2O4. The number of carbonyl (C=O) groups excluding carboxylic acids is 2. The molecule has 0 aromatic heterocycles. The highest BCUT2D eigenvalue weighted by molar-refractivity contribution is 5.76. The molecule has 1 rings (SSSR count). The van der Waals surface area contributed by atoms with Crippen LogP contribution in [0.25, 0.3) is 0 Å². The molecule has 0 saturated carbocycles. The van der Waals surface area contributed by atoms with Gasteiger partial charge >= 0.3 is 5.97 Å². The quantitative estimate of drug-likeness (QED) is 0.0383. The Bertz CT molecular complexity index is 915. The topological polar surface area (TPSA) is 67.9 Å². The van der Waals surface area contributed by atoms with E-state index in [2.05, 4.69) is 63.9 Å². The van der Waals surface area contributed by atoms with Crippen LogP contribution in [0.1, 0.15) is 241 Å². The molecule has 0 aliphatic carbocycles. The molecule has 1 N–H and O–H groups in total. The minimum atomic E-state index is -0.314. The second-order valence-corrected chi connectivity index (χ2v) is 17.8. The maximum Gasteiger partial charge on any atom is 0.307 e. The standard InChI is InChI=1S/C49H94N2O4/c1-7-11-13-15-17-19-21-23-24-25-27-29-31-33-35-37-46(52)50-45(43-54-47(53)38-41-51(39-9-3)40-10-4)48-44(42-49(5,6)55-48)36-34-32-30-28-26-22-20-18-16-14-12-8-2/h23-24,44-45,48H,7-22,25-43H2,1-6H3,(H,50,52)/b24-23-/t44-,45-,48+/m0/s1. The first kappa shape index (κ1) is 51.6. The number of allylic oxidation sites excluding steroid dienone is 2. The number of carbonyl (C=O) groups is 2. The van der Waals surface area contributed by atoms with Gasteiger partial charge in [-0.15, -0.1) is 0 Å². The van der Waals surface area contributed by atoms with E-state index in [9.17, 15) is 9.59 Å². The predicted molar refractivity (Wildman–Crippen MR) is 237 cm³/mol. The molecule has 0 aromatic carbocycles. The van der Waals surface area contributed by atoms with Gasteiger partial charge in [-0.3, -0.25) is 9.59 Å². The third kappa shape index (κ3) is 29.5. The summed E-state index contributed by atoms with van der Waals surface area (Å²) in [6.45, 7) is 16.2. The van der Waals surface area contributed by atoms with Gasteiger partial charge in [0.1, 0.15) is 6.61 Å². The van der Waals surface area contributed by atoms with Gasteiger partial charge in [0.25, 0.3) is 0 Å². The van der Waals surface area contributed by atoms with Crippen molar-refractivity contribution >= 4 is 11.9 Å². The van der Waals surface area contributed by atoms with E-state index in [1.54, 1.807) is 0 Å². The van der Waals surface area contributed by atoms with E-state index < -0.39 is 0 Å². The fourth-order valence-electron chi connectivity index (χ4n) is 8.51. The van der Waals surface area contributed by atoms with Crippen LogP contribution in [0.4, 0.5) is 0 Å². The Labute approximate surface area is 342 Å². The van der Waals surface area contributed by atoms with Crippen LogP contribution in [0, 0.1) is 5.92 Å². The highest BCUT2D eigenvalue weighted by Crippen LogP contribution is 2.39. The van der Waals surface area contributed by atoms with Crippen molar-refractivity contribution in [3.8, 4) is 0 Å². The zero-order chi connectivity index (χ0) is 40.2. The maximum absolute atomic E-state index is 13.4. The van der Waals surface area contributed by atoms with Gasteiger partial charge in [0, 0.05) is 13.0 Å². The van der Waals surface area contributed by atoms with Gasteiger partial charge < -0.3 is 19.7 Å². The van der Waals surface area contributed by atoms with Crippen LogP contribution in [0.2, 0.25) is 0 Å². The van der Waals surface area contributed by atoms with Gasteiger partial charge in [0.05, 0.1) is 24.2 Å². The van der Waals surface area contributed by atoms with Crippen molar-refractivity contribution in [3.63, 3.8) is 0 Å². The molecular weight excluding hydrogens is 681 g/mol. The molecule has 6 nitrogen and oxygen atoms in total. The molecule has 0 aromatic rings. The second-order valence-electron chi connectivity index (χ2n) is 17.8. The second kappa shape index (κ2) is 35.7. The molecule has 0 bridgehead atoms. The van der Waals surface area contributed by atoms with Gasteiger partial charge in [0.2, 0.25) is 5.91 Å². The molecule has 6 heteroatoms. The Kier molecular flexibility index (Phi) is 33.5. The Hall–Kier alpha value is -1.40. The summed E-state index contributed by atoms with van der Waals surface area (Å²) in [7, 11) is 0. The lowest BCUT2D eigenvalue weighted by Gasteiger charge is -2.29. The third-order valence-corrected chi connectivity index (χ3v) is 11.6. The molecule has 1 heterocycles. The Morgan fingerprint density at radius 3 is 1.62 bits per heavy atom. The lowest BCUT2D eigenvalue weighted by atomic mass is 9.86. The molecule has 1 saturated heterocycles. The van der Waals surface area contributed by atoms with Crippen molar-refractivity contribution in [3.05, 3.63) is 12.2 Å². The van der Waals surface area contributed by atoms with Crippen molar-refractivity contribution in [1.29, 1.82) is 0 Å². The first-order valence-electron chi connectivity index (χ1n) is 24.3. The normalized spacial score (nSPS) is 17.4. The van der Waals surface area contributed by atoms with E-state index in [1.807, 2.05) is 0 Å². The zero-order valence-corrected chi connectivity index (χ0v) is 37.7. The van der Waals surface area contributed by atoms with Crippen molar-refractivity contribution < 1.29 is 19.1 Å². The summed E-state index contributed by atoms with van der Waals surface area (Å²) < 4.78 is 12.6. The number of unbranched alkanes of at least 4 members (excludes halogenated alkanes) is 22. The monoisotopic (exact) mass is 775 g/mol. The van der Waals surface area contributed by atoms with Crippen LogP contribution in [-0.4, -0.2) is 60.8 Å². The summed E-state index contributed by atoms with van der Waals surface area (Å²) >= 11 is 0. The minimum Gasteiger partial charge on any atom is -0.463 e. The molecule has 1 aliphatic rings. The van der Waals surface area contributed by atoms with Gasteiger partial charge in [-0.25, -0.2) is 0 Å². The van der Waals surface area contributed by atoms with Crippen molar-refractivity contribution in [2.24, 2.45) is 5.92 Å². The number of nitrogens with zero attached hydrogens (tertiary/aromatic N) is 1. The summed E-state index contributed by atoms with van der Waals surface area (Å²) in [6, 6.07) is -0.314. The van der Waals surface area contributed by atoms with E-state index in [4.69, 9.17) is 9.47 Å². The molecule has 0 unspecified atom stereocenters. The average Bonchev–Trinajstić information content (AvgIpc) is 3.48. The molecule has 324 valence electrons. The smallest absolute Gasteiger partial charge is 0.307 e. The lowest BCUT2D eigenvalue weighted by Crippen LogP contribution is -2.49. The number of esters is 1. The third-order valence-electron chi connectivity index (χ3n) is 11.6. The van der Waals surface area contributed by atoms with Crippen LogP contribution >= 0.6 is 0 Å². The molecule has 3 atom stereocenters. The Morgan fingerprint density at radius 2 is 1.11 bits per heavy atom. The van der Waals surface area contributed by atoms with E-state index in [0.717, 1.165) is 58.2 Å². The Morgan fingerprint density at radius 1 is 0.636 bits per heavy atom. The molecule has 1 aliphatic heterocycles. The van der Waals surface area contributed by atoms with Crippen molar-refractivity contribution in [1.82, 2.24) is 10.2 Å². The molecule has 1 fully saturated rings. The van der Waals surface area contributed by atoms with E-state index in [0.29, 0.717) is 18.8 Å². The van der Waals surface area contributed by atoms with Gasteiger partial charge in [-0.2, -0.15) is 0 Å². The number of hydrogen-bond donors (Lipinski definition) is 1. The fourth-order valence-corrected chi connectivity index (χ4v) is 8.51. The number of amides is 1. The van der Waals surface area contributed by atoms with Gasteiger partial charge in [0.15, 0.2) is 0 Å². The van der Waals surface area contributed by atoms with E-state index in [-0.39, 0.29) is 36.2 Å². The summed E-state index contributed by atoms with van der Waals surface area (Å²) in [5.41, 5.74) is -0.246. The average molecular weight is 775 g/mol. The van der Waals surface area contributed by atoms with E-state index >= 15 is 0 Å². The largest absolute Gasteiger partial charge is 0.463 e. The number of ether oxygens (including phenoxy) is 2. The lowest BCUT2D eigenvalue weighted by molar-refractivity contribution is -0.147. The van der Waals surface area contributed by atoms with Crippen LogP contribution in [-0.2, 0) is 19.1 Å². The summed E-state index contributed by atoms with van der Waals surface area (Å²) in [5, 5.41) is 3.32. The van der Waals surface area contributed by atoms with E-state index in [1.165, 1.54) is 148 Å². The van der Waals surface area contributed by atoms with Crippen LogP contribution in [0.15, 0.2) is 12.2 Å². The summed E-state index contributed by atoms with van der Waals surface area (Å²) in [6.07, 6.45) is 42.1. The highest BCUT2D eigenvalue weighted by Gasteiger charge is 2.44. The predicted octanol–water partition coefficient (Wildman–Crippen LogP) is 13.8. The SMILES string of the molecule is CCCCCCCC/C=C\CCCCCCCC(=O)N[C@@H](COC(=O)CCN(CCC)CCC)[C@@H]1OC(C)(C)C[C@@H]1CCCCCCCCCCCCCC. The zero-order valence-electron chi connectivity index (χ0n) is 37.7.